The third-order valence-corrected chi connectivity index (χ3v) is 6.37. The van der Waals surface area contributed by atoms with Crippen molar-refractivity contribution in [3.8, 4) is 0 Å². The molecule has 6 nitrogen and oxygen atoms in total. The van der Waals surface area contributed by atoms with Crippen LogP contribution in [-0.4, -0.2) is 53.9 Å². The van der Waals surface area contributed by atoms with Gasteiger partial charge in [0.2, 0.25) is 0 Å². The van der Waals surface area contributed by atoms with Crippen molar-refractivity contribution in [3.63, 3.8) is 0 Å². The SMILES string of the molecule is O=C(NCC1(Cc2ccccc2)CCCC1)N1CCCN(c2cccnn2)CC1. The summed E-state index contributed by atoms with van der Waals surface area (Å²) in [6.45, 7) is 3.97. The molecule has 0 atom stereocenters. The van der Waals surface area contributed by atoms with E-state index in [2.05, 4.69) is 50.7 Å². The lowest BCUT2D eigenvalue weighted by molar-refractivity contribution is 0.190. The smallest absolute Gasteiger partial charge is 0.317 e. The summed E-state index contributed by atoms with van der Waals surface area (Å²) in [5.74, 6) is 0.891. The van der Waals surface area contributed by atoms with Crippen molar-refractivity contribution in [2.45, 2.75) is 38.5 Å². The van der Waals surface area contributed by atoms with Gasteiger partial charge in [0.1, 0.15) is 0 Å². The molecule has 154 valence electrons. The highest BCUT2D eigenvalue weighted by Gasteiger charge is 2.34. The molecule has 1 aliphatic carbocycles. The lowest BCUT2D eigenvalue weighted by Crippen LogP contribution is -2.46. The van der Waals surface area contributed by atoms with Crippen LogP contribution in [0, 0.1) is 5.41 Å². The standard InChI is InChI=1S/C23H31N5O/c29-22(28-15-7-14-27(16-17-28)21-10-6-13-25-26-21)24-19-23(11-4-5-12-23)18-20-8-2-1-3-9-20/h1-3,6,8-10,13H,4-5,7,11-12,14-19H2,(H,24,29). The van der Waals surface area contributed by atoms with E-state index < -0.39 is 0 Å². The molecule has 1 saturated heterocycles. The summed E-state index contributed by atoms with van der Waals surface area (Å²) in [5, 5.41) is 11.5. The molecule has 2 fully saturated rings. The fraction of sp³-hybridized carbons (Fsp3) is 0.522. The summed E-state index contributed by atoms with van der Waals surface area (Å²) in [6, 6.07) is 14.7. The van der Waals surface area contributed by atoms with E-state index in [4.69, 9.17) is 0 Å². The monoisotopic (exact) mass is 393 g/mol. The van der Waals surface area contributed by atoms with Crippen LogP contribution in [0.25, 0.3) is 0 Å². The van der Waals surface area contributed by atoms with Crippen molar-refractivity contribution in [1.29, 1.82) is 0 Å². The van der Waals surface area contributed by atoms with Gasteiger partial charge in [0, 0.05) is 38.9 Å². The van der Waals surface area contributed by atoms with Crippen molar-refractivity contribution < 1.29 is 4.79 Å². The largest absolute Gasteiger partial charge is 0.353 e. The van der Waals surface area contributed by atoms with Gasteiger partial charge < -0.3 is 15.1 Å². The lowest BCUT2D eigenvalue weighted by Gasteiger charge is -2.31. The van der Waals surface area contributed by atoms with Crippen LogP contribution in [0.1, 0.15) is 37.7 Å². The third-order valence-electron chi connectivity index (χ3n) is 6.37. The molecule has 2 aliphatic rings. The highest BCUT2D eigenvalue weighted by Crippen LogP contribution is 2.40. The van der Waals surface area contributed by atoms with Gasteiger partial charge >= 0.3 is 6.03 Å². The van der Waals surface area contributed by atoms with E-state index in [1.165, 1.54) is 31.2 Å². The van der Waals surface area contributed by atoms with Gasteiger partial charge in [-0.15, -0.1) is 5.10 Å². The van der Waals surface area contributed by atoms with E-state index in [1.807, 2.05) is 17.0 Å². The molecule has 1 aromatic heterocycles. The van der Waals surface area contributed by atoms with Gasteiger partial charge in [0.15, 0.2) is 5.82 Å². The second-order valence-electron chi connectivity index (χ2n) is 8.44. The topological polar surface area (TPSA) is 61.4 Å². The molecule has 0 bridgehead atoms. The van der Waals surface area contributed by atoms with E-state index in [9.17, 15) is 4.79 Å². The Morgan fingerprint density at radius 3 is 2.55 bits per heavy atom. The van der Waals surface area contributed by atoms with Crippen LogP contribution in [-0.2, 0) is 6.42 Å². The van der Waals surface area contributed by atoms with E-state index >= 15 is 0 Å². The Balaban J connectivity index is 1.32. The van der Waals surface area contributed by atoms with Crippen molar-refractivity contribution >= 4 is 11.8 Å². The minimum absolute atomic E-state index is 0.0744. The molecule has 1 aliphatic heterocycles. The summed E-state index contributed by atoms with van der Waals surface area (Å²) in [5.41, 5.74) is 1.58. The molecule has 6 heteroatoms. The van der Waals surface area contributed by atoms with Crippen LogP contribution in [0.15, 0.2) is 48.7 Å². The molecular weight excluding hydrogens is 362 g/mol. The number of benzene rings is 1. The molecule has 0 unspecified atom stereocenters. The summed E-state index contributed by atoms with van der Waals surface area (Å²) in [7, 11) is 0. The van der Waals surface area contributed by atoms with Crippen LogP contribution >= 0.6 is 0 Å². The molecular formula is C23H31N5O. The van der Waals surface area contributed by atoms with Crippen molar-refractivity contribution in [2.75, 3.05) is 37.6 Å². The highest BCUT2D eigenvalue weighted by atomic mass is 16.2. The summed E-state index contributed by atoms with van der Waals surface area (Å²) >= 11 is 0. The number of nitrogens with zero attached hydrogens (tertiary/aromatic N) is 4. The summed E-state index contributed by atoms with van der Waals surface area (Å²) in [6.07, 6.45) is 8.60. The quantitative estimate of drug-likeness (QED) is 0.845. The number of anilines is 1. The predicted octanol–water partition coefficient (Wildman–Crippen LogP) is 3.50. The number of nitrogens with one attached hydrogen (secondary N) is 1. The average molecular weight is 394 g/mol. The zero-order valence-corrected chi connectivity index (χ0v) is 17.1. The van der Waals surface area contributed by atoms with Gasteiger partial charge in [0.25, 0.3) is 0 Å². The van der Waals surface area contributed by atoms with E-state index in [1.54, 1.807) is 6.20 Å². The van der Waals surface area contributed by atoms with Crippen molar-refractivity contribution in [2.24, 2.45) is 5.41 Å². The maximum absolute atomic E-state index is 12.9. The van der Waals surface area contributed by atoms with E-state index in [-0.39, 0.29) is 11.4 Å². The van der Waals surface area contributed by atoms with Gasteiger partial charge in [0.05, 0.1) is 0 Å². The third kappa shape index (κ3) is 5.05. The normalized spacial score (nSPS) is 19.0. The number of rotatable bonds is 5. The van der Waals surface area contributed by atoms with Crippen LogP contribution in [0.2, 0.25) is 0 Å². The first-order valence-electron chi connectivity index (χ1n) is 10.8. The first-order chi connectivity index (χ1) is 14.2. The molecule has 29 heavy (non-hydrogen) atoms. The zero-order valence-electron chi connectivity index (χ0n) is 17.1. The lowest BCUT2D eigenvalue weighted by atomic mass is 9.80. The van der Waals surface area contributed by atoms with Crippen LogP contribution < -0.4 is 10.2 Å². The Morgan fingerprint density at radius 1 is 0.966 bits per heavy atom. The van der Waals surface area contributed by atoms with E-state index in [0.29, 0.717) is 6.54 Å². The Labute approximate surface area is 173 Å². The van der Waals surface area contributed by atoms with Gasteiger partial charge in [-0.05, 0) is 48.8 Å². The van der Waals surface area contributed by atoms with Gasteiger partial charge in [-0.25, -0.2) is 4.79 Å². The first kappa shape index (κ1) is 19.7. The van der Waals surface area contributed by atoms with E-state index in [0.717, 1.165) is 44.8 Å². The molecule has 2 aromatic rings. The predicted molar refractivity (Wildman–Crippen MR) is 115 cm³/mol. The molecule has 1 aromatic carbocycles. The number of carbonyl (C=O) groups is 1. The zero-order chi connectivity index (χ0) is 19.9. The molecule has 2 heterocycles. The van der Waals surface area contributed by atoms with Crippen LogP contribution in [0.3, 0.4) is 0 Å². The number of hydrogen-bond acceptors (Lipinski definition) is 4. The average Bonchev–Trinajstić information content (AvgIpc) is 3.08. The molecule has 0 radical (unpaired) electrons. The Kier molecular flexibility index (Phi) is 6.27. The first-order valence-corrected chi connectivity index (χ1v) is 10.8. The second kappa shape index (κ2) is 9.25. The van der Waals surface area contributed by atoms with Gasteiger partial charge in [-0.2, -0.15) is 5.10 Å². The van der Waals surface area contributed by atoms with Crippen molar-refractivity contribution in [1.82, 2.24) is 20.4 Å². The second-order valence-corrected chi connectivity index (χ2v) is 8.44. The number of aromatic nitrogens is 2. The number of hydrogen-bond donors (Lipinski definition) is 1. The van der Waals surface area contributed by atoms with Crippen molar-refractivity contribution in [3.05, 3.63) is 54.2 Å². The number of amides is 2. The Bertz CT molecular complexity index is 776. The fourth-order valence-electron chi connectivity index (χ4n) is 4.76. The van der Waals surface area contributed by atoms with Crippen LogP contribution in [0.5, 0.6) is 0 Å². The molecule has 1 N–H and O–H groups in total. The summed E-state index contributed by atoms with van der Waals surface area (Å²) in [4.78, 5) is 17.1. The summed E-state index contributed by atoms with van der Waals surface area (Å²) < 4.78 is 0. The van der Waals surface area contributed by atoms with Crippen LogP contribution in [0.4, 0.5) is 10.6 Å². The number of carbonyl (C=O) groups excluding carboxylic acids is 1. The molecule has 0 spiro atoms. The van der Waals surface area contributed by atoms with Gasteiger partial charge in [-0.3, -0.25) is 0 Å². The maximum atomic E-state index is 12.9. The minimum Gasteiger partial charge on any atom is -0.353 e. The highest BCUT2D eigenvalue weighted by molar-refractivity contribution is 5.74. The minimum atomic E-state index is 0.0744. The molecule has 4 rings (SSSR count). The fourth-order valence-corrected chi connectivity index (χ4v) is 4.76. The number of urea groups is 1. The Morgan fingerprint density at radius 2 is 1.79 bits per heavy atom. The molecule has 1 saturated carbocycles. The maximum Gasteiger partial charge on any atom is 0.317 e. The molecule has 2 amide bonds. The van der Waals surface area contributed by atoms with Gasteiger partial charge in [-0.1, -0.05) is 43.2 Å². The Hall–Kier alpha value is -2.63.